The van der Waals surface area contributed by atoms with E-state index in [1.165, 1.54) is 22.6 Å². The molecule has 0 aliphatic heterocycles. The van der Waals surface area contributed by atoms with E-state index in [-0.39, 0.29) is 9.39 Å². The monoisotopic (exact) mass is 499 g/mol. The first-order valence-electron chi connectivity index (χ1n) is 6.68. The fourth-order valence-electron chi connectivity index (χ4n) is 2.19. The molecule has 12 heteroatoms. The average molecular weight is 499 g/mol. The first-order valence-corrected chi connectivity index (χ1v) is 9.71. The Balaban J connectivity index is 3.22. The molecule has 0 fully saturated rings. The van der Waals surface area contributed by atoms with Crippen molar-refractivity contribution < 1.29 is 29.3 Å². The van der Waals surface area contributed by atoms with Crippen LogP contribution in [-0.2, 0) is 5.41 Å². The maximum Gasteiger partial charge on any atom is 0.314 e. The molecule has 3 N–H and O–H groups in total. The third kappa shape index (κ3) is 3.50. The van der Waals surface area contributed by atoms with Crippen molar-refractivity contribution in [3.63, 3.8) is 0 Å². The van der Waals surface area contributed by atoms with Gasteiger partial charge in [0, 0.05) is 5.41 Å². The molecule has 2 rings (SSSR count). The fourth-order valence-corrected chi connectivity index (χ4v) is 3.94. The van der Waals surface area contributed by atoms with Gasteiger partial charge in [0.2, 0.25) is 0 Å². The number of phenolic OH excluding ortho intramolecular Hbond substituents is 1. The van der Waals surface area contributed by atoms with E-state index in [0.717, 1.165) is 7.11 Å². The summed E-state index contributed by atoms with van der Waals surface area (Å²) in [6, 6.07) is 0. The van der Waals surface area contributed by atoms with Gasteiger partial charge >= 0.3 is 10.2 Å². The number of methoxy groups -OCH3 is 1. The molecule has 0 bridgehead atoms. The summed E-state index contributed by atoms with van der Waals surface area (Å²) >= 11 is 1.49. The van der Waals surface area contributed by atoms with Gasteiger partial charge in [-0.05, 0) is 22.6 Å². The van der Waals surface area contributed by atoms with E-state index in [0.29, 0.717) is 0 Å². The number of anilines is 1. The normalized spacial score (nSPS) is 15.8. The van der Waals surface area contributed by atoms with Crippen LogP contribution in [0.4, 0.5) is 25.2 Å². The van der Waals surface area contributed by atoms with E-state index < -0.39 is 48.8 Å². The molecule has 0 aliphatic carbocycles. The third-order valence-electron chi connectivity index (χ3n) is 3.26. The van der Waals surface area contributed by atoms with E-state index in [1.807, 2.05) is 0 Å². The molecule has 0 aliphatic rings. The summed E-state index contributed by atoms with van der Waals surface area (Å²) in [4.78, 5) is 5.29. The van der Waals surface area contributed by atoms with Crippen molar-refractivity contribution in [1.29, 1.82) is 0 Å². The maximum absolute atomic E-state index is 13.6. The van der Waals surface area contributed by atoms with Crippen LogP contribution in [0, 0.1) is 3.57 Å². The van der Waals surface area contributed by atoms with Crippen molar-refractivity contribution in [2.24, 2.45) is 0 Å². The molecule has 0 saturated heterocycles. The molecule has 2 aromatic rings. The predicted octanol–water partition coefficient (Wildman–Crippen LogP) is 5.49. The first-order chi connectivity index (χ1) is 10.9. The van der Waals surface area contributed by atoms with Gasteiger partial charge in [-0.25, -0.2) is 9.97 Å². The Hall–Kier alpha value is -1.31. The van der Waals surface area contributed by atoms with Crippen LogP contribution in [0.2, 0.25) is 0 Å². The molecule has 1 heterocycles. The Morgan fingerprint density at radius 1 is 1.12 bits per heavy atom. The smallest absolute Gasteiger partial charge is 0.314 e. The van der Waals surface area contributed by atoms with Gasteiger partial charge in [0.05, 0.1) is 21.6 Å². The van der Waals surface area contributed by atoms with Crippen LogP contribution < -0.4 is 10.5 Å². The lowest BCUT2D eigenvalue weighted by Gasteiger charge is -2.42. The second-order valence-electron chi connectivity index (χ2n) is 6.40. The number of halogens is 6. The molecule has 0 atom stereocenters. The van der Waals surface area contributed by atoms with Gasteiger partial charge in [-0.1, -0.05) is 40.2 Å². The number of phenols is 1. The number of hydrogen-bond acceptors (Lipinski definition) is 5. The number of aromatic nitrogens is 2. The van der Waals surface area contributed by atoms with Crippen LogP contribution in [0.5, 0.6) is 11.5 Å². The number of rotatable bonds is 2. The van der Waals surface area contributed by atoms with Crippen LogP contribution in [-0.4, -0.2) is 22.2 Å². The van der Waals surface area contributed by atoms with Crippen LogP contribution in [0.3, 0.4) is 0 Å². The molecular formula is C13H15F5IN3O2S. The summed E-state index contributed by atoms with van der Waals surface area (Å²) in [5.41, 5.74) is 4.38. The summed E-state index contributed by atoms with van der Waals surface area (Å²) in [6.45, 7) is 5.03. The second kappa shape index (κ2) is 4.90. The Morgan fingerprint density at radius 3 is 2.04 bits per heavy atom. The lowest BCUT2D eigenvalue weighted by Crippen LogP contribution is -2.19. The molecule has 0 spiro atoms. The van der Waals surface area contributed by atoms with E-state index in [1.54, 1.807) is 20.8 Å². The van der Waals surface area contributed by atoms with Gasteiger partial charge in [0.25, 0.3) is 0 Å². The molecule has 0 unspecified atom stereocenters. The van der Waals surface area contributed by atoms with Crippen molar-refractivity contribution in [3.05, 3.63) is 9.39 Å². The fraction of sp³-hybridized carbons (Fsp3) is 0.385. The highest BCUT2D eigenvalue weighted by atomic mass is 127. The molecule has 0 saturated carbocycles. The molecule has 0 amide bonds. The summed E-state index contributed by atoms with van der Waals surface area (Å²) in [7, 11) is -9.55. The Labute approximate surface area is 153 Å². The summed E-state index contributed by atoms with van der Waals surface area (Å²) < 4.78 is 72.5. The minimum Gasteiger partial charge on any atom is -0.503 e. The molecule has 5 nitrogen and oxygen atoms in total. The minimum atomic E-state index is -10.3. The number of nitrogens with two attached hydrogens (primary N) is 1. The Bertz CT molecular complexity index is 898. The van der Waals surface area contributed by atoms with E-state index in [4.69, 9.17) is 5.73 Å². The maximum atomic E-state index is 13.6. The van der Waals surface area contributed by atoms with Gasteiger partial charge in [-0.2, -0.15) is 0 Å². The zero-order valence-corrected chi connectivity index (χ0v) is 16.5. The second-order valence-corrected chi connectivity index (χ2v) is 9.82. The molecule has 142 valence electrons. The SMILES string of the molecule is COc1c(O)c(I)c2nc(C(C)(C)C)nc(N)c2c1S(F)(F)(F)(F)F. The van der Waals surface area contributed by atoms with Crippen molar-refractivity contribution >= 4 is 49.5 Å². The molecule has 1 aromatic heterocycles. The highest BCUT2D eigenvalue weighted by Gasteiger charge is 2.69. The van der Waals surface area contributed by atoms with Crippen LogP contribution in [0.25, 0.3) is 10.9 Å². The van der Waals surface area contributed by atoms with Crippen molar-refractivity contribution in [1.82, 2.24) is 9.97 Å². The summed E-state index contributed by atoms with van der Waals surface area (Å²) in [5, 5.41) is 8.91. The number of ether oxygens (including phenoxy) is 1. The van der Waals surface area contributed by atoms with E-state index in [2.05, 4.69) is 14.7 Å². The van der Waals surface area contributed by atoms with Gasteiger partial charge in [-0.3, -0.25) is 0 Å². The van der Waals surface area contributed by atoms with Crippen LogP contribution >= 0.6 is 32.8 Å². The van der Waals surface area contributed by atoms with Crippen LogP contribution in [0.1, 0.15) is 26.6 Å². The predicted molar refractivity (Wildman–Crippen MR) is 95.0 cm³/mol. The summed E-state index contributed by atoms with van der Waals surface area (Å²) in [6.07, 6.45) is 0. The first kappa shape index (κ1) is 20.0. The standard InChI is InChI=1S/C13H15F5IN3O2S/c1-13(2,3)12-21-7-5(11(20)22-12)10(25(14,15,16,17)18)9(24-4)8(23)6(7)19/h23H,1-4H3,(H2,20,21,22). The Kier molecular flexibility index (Phi) is 3.92. The van der Waals surface area contributed by atoms with E-state index in [9.17, 15) is 24.5 Å². The third-order valence-corrected chi connectivity index (χ3v) is 5.44. The quantitative estimate of drug-likeness (QED) is 0.422. The average Bonchev–Trinajstić information content (AvgIpc) is 2.38. The summed E-state index contributed by atoms with van der Waals surface area (Å²) in [5.74, 6) is -3.21. The topological polar surface area (TPSA) is 81.3 Å². The highest BCUT2D eigenvalue weighted by molar-refractivity contribution is 14.1. The lowest BCUT2D eigenvalue weighted by atomic mass is 9.95. The van der Waals surface area contributed by atoms with Gasteiger partial charge in [0.15, 0.2) is 16.4 Å². The number of hydrogen-bond donors (Lipinski definition) is 2. The molecule has 1 aromatic carbocycles. The highest BCUT2D eigenvalue weighted by Crippen LogP contribution is 3.04. The number of aromatic hydroxyl groups is 1. The zero-order valence-electron chi connectivity index (χ0n) is 13.5. The number of fused-ring (bicyclic) bond motifs is 1. The van der Waals surface area contributed by atoms with Crippen LogP contribution in [0.15, 0.2) is 4.90 Å². The number of benzene rings is 1. The van der Waals surface area contributed by atoms with Crippen molar-refractivity contribution in [2.75, 3.05) is 12.8 Å². The Morgan fingerprint density at radius 2 is 1.64 bits per heavy atom. The van der Waals surface area contributed by atoms with Gasteiger partial charge < -0.3 is 15.6 Å². The molecule has 25 heavy (non-hydrogen) atoms. The van der Waals surface area contributed by atoms with Crippen molar-refractivity contribution in [2.45, 2.75) is 31.1 Å². The van der Waals surface area contributed by atoms with Crippen molar-refractivity contribution in [3.8, 4) is 11.5 Å². The number of nitrogens with zero attached hydrogens (tertiary/aromatic N) is 2. The van der Waals surface area contributed by atoms with E-state index >= 15 is 0 Å². The number of nitrogen functional groups attached to an aromatic ring is 1. The largest absolute Gasteiger partial charge is 0.503 e. The zero-order chi connectivity index (χ0) is 19.6. The lowest BCUT2D eigenvalue weighted by molar-refractivity contribution is 0.332. The minimum absolute atomic E-state index is 0.0492. The molecule has 0 radical (unpaired) electrons. The van der Waals surface area contributed by atoms with Gasteiger partial charge in [0.1, 0.15) is 11.6 Å². The molecular weight excluding hydrogens is 484 g/mol. The van der Waals surface area contributed by atoms with Gasteiger partial charge in [-0.15, -0.1) is 0 Å².